The van der Waals surface area contributed by atoms with Gasteiger partial charge in [0.25, 0.3) is 10.0 Å². The summed E-state index contributed by atoms with van der Waals surface area (Å²) in [6.45, 7) is 9.55. The van der Waals surface area contributed by atoms with E-state index >= 15 is 0 Å². The quantitative estimate of drug-likeness (QED) is 0.796. The molecule has 0 saturated carbocycles. The molecule has 0 amide bonds. The summed E-state index contributed by atoms with van der Waals surface area (Å²) in [5.41, 5.74) is 0. The zero-order valence-corrected chi connectivity index (χ0v) is 13.0. The van der Waals surface area contributed by atoms with Crippen molar-refractivity contribution in [2.75, 3.05) is 13.1 Å². The van der Waals surface area contributed by atoms with Crippen LogP contribution >= 0.6 is 0 Å². The van der Waals surface area contributed by atoms with Crippen molar-refractivity contribution in [2.45, 2.75) is 51.8 Å². The first-order valence-corrected chi connectivity index (χ1v) is 8.18. The van der Waals surface area contributed by atoms with Crippen LogP contribution in [0.25, 0.3) is 0 Å². The Hall–Kier alpha value is -0.850. The van der Waals surface area contributed by atoms with Gasteiger partial charge in [-0.3, -0.25) is 0 Å². The topological polar surface area (TPSA) is 62.6 Å². The Kier molecular flexibility index (Phi) is 6.03. The largest absolute Gasteiger partial charge is 0.447 e. The predicted octanol–water partition coefficient (Wildman–Crippen LogP) is 2.20. The van der Waals surface area contributed by atoms with E-state index in [2.05, 4.69) is 5.32 Å². The lowest BCUT2D eigenvalue weighted by atomic mass is 10.4. The van der Waals surface area contributed by atoms with Crippen molar-refractivity contribution in [3.8, 4) is 0 Å². The fourth-order valence-electron chi connectivity index (χ4n) is 1.83. The molecule has 0 radical (unpaired) electrons. The maximum absolute atomic E-state index is 12.5. The number of rotatable bonds is 8. The average Bonchev–Trinajstić information content (AvgIpc) is 2.82. The molecule has 0 aliphatic rings. The van der Waals surface area contributed by atoms with Crippen LogP contribution in [0.3, 0.4) is 0 Å². The average molecular weight is 288 g/mol. The number of hydrogen-bond acceptors (Lipinski definition) is 4. The van der Waals surface area contributed by atoms with Gasteiger partial charge in [0.05, 0.1) is 6.54 Å². The minimum Gasteiger partial charge on any atom is -0.447 e. The molecule has 0 fully saturated rings. The molecule has 1 aromatic heterocycles. The van der Waals surface area contributed by atoms with Gasteiger partial charge in [0.2, 0.25) is 5.09 Å². The number of nitrogens with one attached hydrogen (secondary N) is 1. The number of sulfonamides is 1. The number of nitrogens with zero attached hydrogens (tertiary/aromatic N) is 1. The van der Waals surface area contributed by atoms with E-state index in [-0.39, 0.29) is 11.1 Å². The highest BCUT2D eigenvalue weighted by Gasteiger charge is 2.29. The maximum Gasteiger partial charge on any atom is 0.276 e. The van der Waals surface area contributed by atoms with Gasteiger partial charge in [0, 0.05) is 12.6 Å². The molecule has 0 bridgehead atoms. The van der Waals surface area contributed by atoms with E-state index in [1.807, 2.05) is 27.7 Å². The fraction of sp³-hybridized carbons (Fsp3) is 0.692. The van der Waals surface area contributed by atoms with Crippen molar-refractivity contribution in [2.24, 2.45) is 0 Å². The van der Waals surface area contributed by atoms with Crippen LogP contribution in [-0.2, 0) is 16.6 Å². The van der Waals surface area contributed by atoms with Gasteiger partial charge >= 0.3 is 0 Å². The van der Waals surface area contributed by atoms with Gasteiger partial charge in [-0.05, 0) is 38.9 Å². The minimum absolute atomic E-state index is 0.0301. The van der Waals surface area contributed by atoms with Crippen LogP contribution < -0.4 is 5.32 Å². The second kappa shape index (κ2) is 7.07. The molecular formula is C13H24N2O3S. The Labute approximate surface area is 116 Å². The molecule has 1 rings (SSSR count). The third-order valence-corrected chi connectivity index (χ3v) is 4.72. The lowest BCUT2D eigenvalue weighted by Gasteiger charge is -2.23. The Morgan fingerprint density at radius 2 is 2.00 bits per heavy atom. The fourth-order valence-corrected chi connectivity index (χ4v) is 3.49. The summed E-state index contributed by atoms with van der Waals surface area (Å²) in [4.78, 5) is 0. The number of furan rings is 1. The van der Waals surface area contributed by atoms with Crippen molar-refractivity contribution in [3.63, 3.8) is 0 Å². The van der Waals surface area contributed by atoms with E-state index in [0.29, 0.717) is 18.8 Å². The molecular weight excluding hydrogens is 264 g/mol. The third-order valence-electron chi connectivity index (χ3n) is 2.77. The van der Waals surface area contributed by atoms with Crippen LogP contribution in [0.1, 0.15) is 39.9 Å². The van der Waals surface area contributed by atoms with Gasteiger partial charge in [-0.2, -0.15) is 4.31 Å². The van der Waals surface area contributed by atoms with E-state index < -0.39 is 10.0 Å². The van der Waals surface area contributed by atoms with Crippen molar-refractivity contribution in [1.82, 2.24) is 9.62 Å². The Bertz CT molecular complexity index is 480. The molecule has 0 aliphatic carbocycles. The Morgan fingerprint density at radius 1 is 1.32 bits per heavy atom. The molecule has 5 nitrogen and oxygen atoms in total. The summed E-state index contributed by atoms with van der Waals surface area (Å²) in [6.07, 6.45) is 0.780. The summed E-state index contributed by atoms with van der Waals surface area (Å²) in [5, 5.41) is 3.13. The summed E-state index contributed by atoms with van der Waals surface area (Å²) >= 11 is 0. The van der Waals surface area contributed by atoms with Crippen molar-refractivity contribution < 1.29 is 12.8 Å². The van der Waals surface area contributed by atoms with Gasteiger partial charge in [-0.15, -0.1) is 0 Å². The van der Waals surface area contributed by atoms with Crippen LogP contribution in [0.2, 0.25) is 0 Å². The highest BCUT2D eigenvalue weighted by atomic mass is 32.2. The summed E-state index contributed by atoms with van der Waals surface area (Å²) in [6, 6.07) is 3.17. The highest BCUT2D eigenvalue weighted by Crippen LogP contribution is 2.21. The van der Waals surface area contributed by atoms with E-state index in [4.69, 9.17) is 4.42 Å². The minimum atomic E-state index is -3.53. The molecule has 0 atom stereocenters. The summed E-state index contributed by atoms with van der Waals surface area (Å²) in [7, 11) is -3.53. The summed E-state index contributed by atoms with van der Waals surface area (Å²) in [5.74, 6) is 0.639. The van der Waals surface area contributed by atoms with Crippen LogP contribution in [0.15, 0.2) is 21.6 Å². The normalized spacial score (nSPS) is 12.5. The lowest BCUT2D eigenvalue weighted by Crippen LogP contribution is -2.37. The van der Waals surface area contributed by atoms with Gasteiger partial charge in [0.15, 0.2) is 0 Å². The van der Waals surface area contributed by atoms with Crippen LogP contribution in [0, 0.1) is 0 Å². The first-order valence-electron chi connectivity index (χ1n) is 6.74. The second-order valence-electron chi connectivity index (χ2n) is 4.71. The molecule has 6 heteroatoms. The maximum atomic E-state index is 12.5. The SMILES string of the molecule is CCCN(C(C)C)S(=O)(=O)c1ccc(CNCC)o1. The molecule has 1 aromatic rings. The summed E-state index contributed by atoms with van der Waals surface area (Å²) < 4.78 is 31.8. The van der Waals surface area contributed by atoms with Crippen LogP contribution in [0.5, 0.6) is 0 Å². The first-order chi connectivity index (χ1) is 8.93. The third kappa shape index (κ3) is 4.06. The monoisotopic (exact) mass is 288 g/mol. The molecule has 1 heterocycles. The van der Waals surface area contributed by atoms with Crippen LogP contribution in [0.4, 0.5) is 0 Å². The van der Waals surface area contributed by atoms with Gasteiger partial charge in [-0.1, -0.05) is 13.8 Å². The van der Waals surface area contributed by atoms with E-state index in [1.54, 1.807) is 6.07 Å². The highest BCUT2D eigenvalue weighted by molar-refractivity contribution is 7.89. The molecule has 0 saturated heterocycles. The van der Waals surface area contributed by atoms with E-state index in [9.17, 15) is 8.42 Å². The molecule has 0 unspecified atom stereocenters. The number of hydrogen-bond donors (Lipinski definition) is 1. The van der Waals surface area contributed by atoms with E-state index in [0.717, 1.165) is 13.0 Å². The molecule has 110 valence electrons. The van der Waals surface area contributed by atoms with Crippen molar-refractivity contribution in [3.05, 3.63) is 17.9 Å². The zero-order valence-electron chi connectivity index (χ0n) is 12.1. The van der Waals surface area contributed by atoms with Gasteiger partial charge < -0.3 is 9.73 Å². The van der Waals surface area contributed by atoms with Gasteiger partial charge in [0.1, 0.15) is 5.76 Å². The molecule has 0 aromatic carbocycles. The van der Waals surface area contributed by atoms with Crippen molar-refractivity contribution >= 4 is 10.0 Å². The molecule has 19 heavy (non-hydrogen) atoms. The van der Waals surface area contributed by atoms with Gasteiger partial charge in [-0.25, -0.2) is 8.42 Å². The smallest absolute Gasteiger partial charge is 0.276 e. The first kappa shape index (κ1) is 16.2. The Morgan fingerprint density at radius 3 is 2.53 bits per heavy atom. The van der Waals surface area contributed by atoms with E-state index in [1.165, 1.54) is 10.4 Å². The molecule has 0 aliphatic heterocycles. The van der Waals surface area contributed by atoms with Crippen LogP contribution in [-0.4, -0.2) is 31.9 Å². The predicted molar refractivity (Wildman–Crippen MR) is 75.4 cm³/mol. The molecule has 1 N–H and O–H groups in total. The standard InChI is InChI=1S/C13H24N2O3S/c1-5-9-15(11(3)4)19(16,17)13-8-7-12(18-13)10-14-6-2/h7-8,11,14H,5-6,9-10H2,1-4H3. The Balaban J connectivity index is 2.95. The second-order valence-corrected chi connectivity index (χ2v) is 6.53. The lowest BCUT2D eigenvalue weighted by molar-refractivity contribution is 0.330. The molecule has 0 spiro atoms. The van der Waals surface area contributed by atoms with Crippen molar-refractivity contribution in [1.29, 1.82) is 0 Å². The zero-order chi connectivity index (χ0) is 14.5.